The molecular formula is C26H46O6S2. The van der Waals surface area contributed by atoms with Gasteiger partial charge in [0, 0.05) is 6.07 Å². The summed E-state index contributed by atoms with van der Waals surface area (Å²) in [7, 11) is -7.46. The number of rotatable bonds is 22. The molecule has 0 radical (unpaired) electrons. The van der Waals surface area contributed by atoms with E-state index in [2.05, 4.69) is 13.8 Å². The van der Waals surface area contributed by atoms with Gasteiger partial charge in [-0.1, -0.05) is 110 Å². The van der Waals surface area contributed by atoms with Gasteiger partial charge in [-0.15, -0.1) is 0 Å². The van der Waals surface area contributed by atoms with Crippen molar-refractivity contribution in [3.8, 4) is 11.5 Å². The highest BCUT2D eigenvalue weighted by Gasteiger charge is 2.16. The zero-order chi connectivity index (χ0) is 25.1. The second-order valence-corrected chi connectivity index (χ2v) is 12.5. The molecule has 34 heavy (non-hydrogen) atoms. The van der Waals surface area contributed by atoms with Gasteiger partial charge in [0.15, 0.2) is 0 Å². The number of benzene rings is 1. The van der Waals surface area contributed by atoms with Crippen LogP contribution in [0.25, 0.3) is 0 Å². The van der Waals surface area contributed by atoms with Crippen LogP contribution in [-0.4, -0.2) is 28.3 Å². The summed E-state index contributed by atoms with van der Waals surface area (Å²) in [5, 5.41) is 0. The first-order valence-electron chi connectivity index (χ1n) is 13.2. The molecule has 1 rings (SSSR count). The third-order valence-electron chi connectivity index (χ3n) is 5.75. The molecule has 0 saturated heterocycles. The fourth-order valence-electron chi connectivity index (χ4n) is 3.78. The topological polar surface area (TPSA) is 86.7 Å². The van der Waals surface area contributed by atoms with Gasteiger partial charge in [0.2, 0.25) is 0 Å². The van der Waals surface area contributed by atoms with E-state index in [0.717, 1.165) is 38.5 Å². The Bertz CT molecular complexity index is 783. The van der Waals surface area contributed by atoms with Crippen LogP contribution in [-0.2, 0) is 20.2 Å². The molecule has 8 heteroatoms. The molecule has 0 atom stereocenters. The highest BCUT2D eigenvalue weighted by molar-refractivity contribution is 7.87. The first-order valence-corrected chi connectivity index (χ1v) is 16.4. The van der Waals surface area contributed by atoms with Crippen LogP contribution >= 0.6 is 0 Å². The van der Waals surface area contributed by atoms with Crippen LogP contribution in [0.1, 0.15) is 117 Å². The maximum Gasteiger partial charge on any atom is 0.309 e. The van der Waals surface area contributed by atoms with Crippen LogP contribution in [0.5, 0.6) is 11.5 Å². The largest absolute Gasteiger partial charge is 0.382 e. The zero-order valence-electron chi connectivity index (χ0n) is 21.3. The molecule has 0 spiro atoms. The van der Waals surface area contributed by atoms with E-state index in [4.69, 9.17) is 8.37 Å². The smallest absolute Gasteiger partial charge is 0.309 e. The van der Waals surface area contributed by atoms with E-state index in [1.807, 2.05) is 0 Å². The quantitative estimate of drug-likeness (QED) is 0.117. The van der Waals surface area contributed by atoms with E-state index < -0.39 is 20.2 Å². The minimum Gasteiger partial charge on any atom is -0.382 e. The first-order chi connectivity index (χ1) is 16.3. The molecular weight excluding hydrogens is 472 g/mol. The lowest BCUT2D eigenvalue weighted by atomic mass is 10.1. The summed E-state index contributed by atoms with van der Waals surface area (Å²) in [4.78, 5) is 0. The van der Waals surface area contributed by atoms with Crippen molar-refractivity contribution >= 4 is 20.2 Å². The van der Waals surface area contributed by atoms with Crippen LogP contribution in [0.15, 0.2) is 24.3 Å². The highest BCUT2D eigenvalue weighted by atomic mass is 32.2. The van der Waals surface area contributed by atoms with Crippen molar-refractivity contribution in [3.05, 3.63) is 24.3 Å². The standard InChI is InChI=1S/C26H46O6S2/c1-3-5-7-9-11-13-15-17-22-33(27,28)31-25-20-19-21-26(24-25)32-34(29,30)23-18-16-14-12-10-8-6-4-2/h19-21,24H,3-18,22-23H2,1-2H3. The molecule has 0 bridgehead atoms. The van der Waals surface area contributed by atoms with Gasteiger partial charge in [0.05, 0.1) is 11.5 Å². The van der Waals surface area contributed by atoms with Crippen molar-refractivity contribution in [1.29, 1.82) is 0 Å². The van der Waals surface area contributed by atoms with E-state index in [1.165, 1.54) is 75.6 Å². The molecule has 0 aliphatic heterocycles. The fourth-order valence-corrected chi connectivity index (χ4v) is 5.86. The summed E-state index contributed by atoms with van der Waals surface area (Å²) >= 11 is 0. The maximum atomic E-state index is 12.3. The van der Waals surface area contributed by atoms with Crippen LogP contribution < -0.4 is 8.37 Å². The van der Waals surface area contributed by atoms with Gasteiger partial charge in [0.25, 0.3) is 0 Å². The summed E-state index contributed by atoms with van der Waals surface area (Å²) in [6.45, 7) is 4.37. The third-order valence-corrected chi connectivity index (χ3v) is 8.22. The SMILES string of the molecule is CCCCCCCCCCS(=O)(=O)Oc1cccc(OS(=O)(=O)CCCCCCCCCC)c1. The molecule has 0 amide bonds. The Balaban J connectivity index is 2.35. The Kier molecular flexibility index (Phi) is 16.3. The third kappa shape index (κ3) is 16.4. The second-order valence-electron chi connectivity index (χ2n) is 9.11. The highest BCUT2D eigenvalue weighted by Crippen LogP contribution is 2.23. The molecule has 198 valence electrons. The Morgan fingerprint density at radius 2 is 0.853 bits per heavy atom. The summed E-state index contributed by atoms with van der Waals surface area (Å²) in [6.07, 6.45) is 17.0. The van der Waals surface area contributed by atoms with E-state index in [-0.39, 0.29) is 23.0 Å². The Morgan fingerprint density at radius 3 is 1.21 bits per heavy atom. The van der Waals surface area contributed by atoms with Crippen LogP contribution in [0.4, 0.5) is 0 Å². The molecule has 0 unspecified atom stereocenters. The minimum absolute atomic E-state index is 0.0518. The molecule has 6 nitrogen and oxygen atoms in total. The van der Waals surface area contributed by atoms with Gasteiger partial charge < -0.3 is 8.37 Å². The van der Waals surface area contributed by atoms with Crippen molar-refractivity contribution in [1.82, 2.24) is 0 Å². The average molecular weight is 519 g/mol. The normalized spacial score (nSPS) is 12.1. The Labute approximate surface area is 209 Å². The van der Waals surface area contributed by atoms with Crippen molar-refractivity contribution in [2.45, 2.75) is 117 Å². The molecule has 0 N–H and O–H groups in total. The predicted octanol–water partition coefficient (Wildman–Crippen LogP) is 7.39. The van der Waals surface area contributed by atoms with Gasteiger partial charge in [-0.2, -0.15) is 16.8 Å². The van der Waals surface area contributed by atoms with Gasteiger partial charge >= 0.3 is 20.2 Å². The van der Waals surface area contributed by atoms with Gasteiger partial charge in [-0.05, 0) is 25.0 Å². The van der Waals surface area contributed by atoms with Crippen LogP contribution in [0.3, 0.4) is 0 Å². The van der Waals surface area contributed by atoms with Crippen molar-refractivity contribution in [3.63, 3.8) is 0 Å². The van der Waals surface area contributed by atoms with Crippen molar-refractivity contribution in [2.75, 3.05) is 11.5 Å². The maximum absolute atomic E-state index is 12.3. The van der Waals surface area contributed by atoms with Gasteiger partial charge in [-0.25, -0.2) is 0 Å². The van der Waals surface area contributed by atoms with Gasteiger partial charge in [0.1, 0.15) is 11.5 Å². The molecule has 0 aliphatic rings. The zero-order valence-corrected chi connectivity index (χ0v) is 22.9. The molecule has 1 aromatic carbocycles. The van der Waals surface area contributed by atoms with E-state index >= 15 is 0 Å². The molecule has 1 aromatic rings. The van der Waals surface area contributed by atoms with E-state index in [9.17, 15) is 16.8 Å². The molecule has 0 aliphatic carbocycles. The fraction of sp³-hybridized carbons (Fsp3) is 0.769. The lowest BCUT2D eigenvalue weighted by molar-refractivity contribution is 0.472. The summed E-state index contributed by atoms with van der Waals surface area (Å²) in [5.41, 5.74) is 0. The minimum atomic E-state index is -3.73. The van der Waals surface area contributed by atoms with Crippen LogP contribution in [0.2, 0.25) is 0 Å². The number of hydrogen-bond donors (Lipinski definition) is 0. The summed E-state index contributed by atoms with van der Waals surface area (Å²) in [6, 6.07) is 5.82. The molecule has 0 saturated carbocycles. The molecule has 0 aromatic heterocycles. The van der Waals surface area contributed by atoms with Crippen molar-refractivity contribution < 1.29 is 25.2 Å². The molecule has 0 heterocycles. The van der Waals surface area contributed by atoms with Gasteiger partial charge in [-0.3, -0.25) is 0 Å². The second kappa shape index (κ2) is 18.1. The average Bonchev–Trinajstić information content (AvgIpc) is 2.77. The number of unbranched alkanes of at least 4 members (excludes halogenated alkanes) is 14. The Hall–Kier alpha value is -1.28. The van der Waals surface area contributed by atoms with E-state index in [1.54, 1.807) is 0 Å². The summed E-state index contributed by atoms with van der Waals surface area (Å²) in [5.74, 6) is 0.0341. The first kappa shape index (κ1) is 30.8. The molecule has 0 fully saturated rings. The van der Waals surface area contributed by atoms with Crippen LogP contribution in [0, 0.1) is 0 Å². The summed E-state index contributed by atoms with van der Waals surface area (Å²) < 4.78 is 59.4. The number of hydrogen-bond acceptors (Lipinski definition) is 6. The van der Waals surface area contributed by atoms with Crippen molar-refractivity contribution in [2.24, 2.45) is 0 Å². The lowest BCUT2D eigenvalue weighted by Gasteiger charge is -2.10. The predicted molar refractivity (Wildman–Crippen MR) is 140 cm³/mol. The monoisotopic (exact) mass is 518 g/mol. The van der Waals surface area contributed by atoms with E-state index in [0.29, 0.717) is 12.8 Å². The Morgan fingerprint density at radius 1 is 0.529 bits per heavy atom. The lowest BCUT2D eigenvalue weighted by Crippen LogP contribution is -2.15.